The first-order chi connectivity index (χ1) is 7.79. The molecule has 16 heavy (non-hydrogen) atoms. The Kier molecular flexibility index (Phi) is 3.47. The van der Waals surface area contributed by atoms with Crippen LogP contribution >= 0.6 is 11.3 Å². The van der Waals surface area contributed by atoms with E-state index in [1.165, 1.54) is 4.88 Å². The van der Waals surface area contributed by atoms with Gasteiger partial charge in [-0.05, 0) is 30.2 Å². The molecule has 2 rings (SSSR count). The Morgan fingerprint density at radius 3 is 2.88 bits per heavy atom. The van der Waals surface area contributed by atoms with Gasteiger partial charge < -0.3 is 0 Å². The summed E-state index contributed by atoms with van der Waals surface area (Å²) in [4.78, 5) is 18.0. The monoisotopic (exact) mass is 231 g/mol. The second-order valence-corrected chi connectivity index (χ2v) is 4.75. The minimum absolute atomic E-state index is 0.178. The summed E-state index contributed by atoms with van der Waals surface area (Å²) in [6, 6.07) is 7.73. The molecule has 0 saturated carbocycles. The molecule has 0 aromatic carbocycles. The average molecular weight is 231 g/mol. The lowest BCUT2D eigenvalue weighted by molar-refractivity contribution is 0.0996. The van der Waals surface area contributed by atoms with Crippen molar-refractivity contribution in [1.82, 2.24) is 4.98 Å². The van der Waals surface area contributed by atoms with Crippen molar-refractivity contribution in [1.29, 1.82) is 0 Å². The Labute approximate surface area is 99.0 Å². The molecule has 0 fully saturated rings. The normalized spacial score (nSPS) is 10.3. The third-order valence-corrected chi connectivity index (χ3v) is 3.64. The molecular formula is C13H13NOS. The van der Waals surface area contributed by atoms with Gasteiger partial charge in [-0.3, -0.25) is 9.78 Å². The van der Waals surface area contributed by atoms with Gasteiger partial charge in [0, 0.05) is 23.7 Å². The zero-order chi connectivity index (χ0) is 11.4. The molecule has 3 heteroatoms. The van der Waals surface area contributed by atoms with E-state index < -0.39 is 0 Å². The average Bonchev–Trinajstić information content (AvgIpc) is 2.79. The smallest absolute Gasteiger partial charge is 0.177 e. The lowest BCUT2D eigenvalue weighted by Gasteiger charge is -1.97. The molecule has 2 aromatic rings. The largest absolute Gasteiger partial charge is 0.293 e. The van der Waals surface area contributed by atoms with Crippen molar-refractivity contribution >= 4 is 17.1 Å². The van der Waals surface area contributed by atoms with Crippen LogP contribution in [-0.2, 0) is 12.8 Å². The number of thiophene rings is 1. The summed E-state index contributed by atoms with van der Waals surface area (Å²) < 4.78 is 0. The molecule has 82 valence electrons. The molecule has 0 N–H and O–H groups in total. The van der Waals surface area contributed by atoms with Gasteiger partial charge in [-0.15, -0.1) is 11.3 Å². The van der Waals surface area contributed by atoms with Gasteiger partial charge in [0.2, 0.25) is 0 Å². The minimum atomic E-state index is 0.178. The first kappa shape index (κ1) is 11.0. The topological polar surface area (TPSA) is 30.0 Å². The highest BCUT2D eigenvalue weighted by molar-refractivity contribution is 7.14. The van der Waals surface area contributed by atoms with E-state index in [1.807, 2.05) is 24.3 Å². The Hall–Kier alpha value is -1.48. The van der Waals surface area contributed by atoms with Crippen molar-refractivity contribution in [2.24, 2.45) is 0 Å². The van der Waals surface area contributed by atoms with Crippen LogP contribution in [0.3, 0.4) is 0 Å². The Morgan fingerprint density at radius 2 is 2.25 bits per heavy atom. The van der Waals surface area contributed by atoms with Crippen LogP contribution in [0.2, 0.25) is 0 Å². The maximum atomic E-state index is 11.9. The maximum Gasteiger partial charge on any atom is 0.177 e. The third kappa shape index (κ3) is 2.55. The molecule has 0 bridgehead atoms. The molecule has 0 amide bonds. The van der Waals surface area contributed by atoms with E-state index in [2.05, 4.69) is 11.9 Å². The number of pyridine rings is 1. The van der Waals surface area contributed by atoms with Crippen LogP contribution in [0, 0.1) is 0 Å². The van der Waals surface area contributed by atoms with Crippen molar-refractivity contribution in [3.05, 3.63) is 52.0 Å². The number of hydrogen-bond donors (Lipinski definition) is 0. The molecule has 2 nitrogen and oxygen atoms in total. The summed E-state index contributed by atoms with van der Waals surface area (Å²) in [7, 11) is 0. The van der Waals surface area contributed by atoms with Gasteiger partial charge in [0.25, 0.3) is 0 Å². The number of Topliss-reactive ketones (excluding diaryl/α,β-unsaturated/α-hetero) is 1. The summed E-state index contributed by atoms with van der Waals surface area (Å²) >= 11 is 1.59. The molecule has 0 saturated heterocycles. The predicted octanol–water partition coefficient (Wildman–Crippen LogP) is 3.13. The van der Waals surface area contributed by atoms with Gasteiger partial charge in [0.15, 0.2) is 5.78 Å². The summed E-state index contributed by atoms with van der Waals surface area (Å²) in [5, 5.41) is 0. The number of rotatable bonds is 4. The fourth-order valence-corrected chi connectivity index (χ4v) is 2.38. The Bertz CT molecular complexity index is 476. The Morgan fingerprint density at radius 1 is 1.38 bits per heavy atom. The summed E-state index contributed by atoms with van der Waals surface area (Å²) in [5.74, 6) is 0.178. The number of carbonyl (C=O) groups is 1. The predicted molar refractivity (Wildman–Crippen MR) is 66.0 cm³/mol. The molecule has 0 radical (unpaired) electrons. The number of ketones is 1. The summed E-state index contributed by atoms with van der Waals surface area (Å²) in [6.45, 7) is 2.10. The highest BCUT2D eigenvalue weighted by Crippen LogP contribution is 2.18. The molecule has 0 aliphatic heterocycles. The van der Waals surface area contributed by atoms with E-state index in [0.717, 1.165) is 16.9 Å². The highest BCUT2D eigenvalue weighted by Gasteiger charge is 2.09. The van der Waals surface area contributed by atoms with Crippen LogP contribution in [0.5, 0.6) is 0 Å². The quantitative estimate of drug-likeness (QED) is 0.757. The molecule has 0 unspecified atom stereocenters. The van der Waals surface area contributed by atoms with Crippen molar-refractivity contribution in [2.45, 2.75) is 19.8 Å². The zero-order valence-electron chi connectivity index (χ0n) is 9.14. The van der Waals surface area contributed by atoms with Gasteiger partial charge in [0.1, 0.15) is 0 Å². The number of aromatic nitrogens is 1. The van der Waals surface area contributed by atoms with E-state index in [-0.39, 0.29) is 5.78 Å². The molecule has 2 aromatic heterocycles. The van der Waals surface area contributed by atoms with Gasteiger partial charge in [-0.1, -0.05) is 13.0 Å². The van der Waals surface area contributed by atoms with Gasteiger partial charge in [-0.2, -0.15) is 0 Å². The van der Waals surface area contributed by atoms with Gasteiger partial charge in [0.05, 0.1) is 4.88 Å². The number of nitrogens with zero attached hydrogens (tertiary/aromatic N) is 1. The lowest BCUT2D eigenvalue weighted by Crippen LogP contribution is -2.01. The highest BCUT2D eigenvalue weighted by atomic mass is 32.1. The first-order valence-corrected chi connectivity index (χ1v) is 6.12. The second-order valence-electron chi connectivity index (χ2n) is 3.58. The first-order valence-electron chi connectivity index (χ1n) is 5.30. The summed E-state index contributed by atoms with van der Waals surface area (Å²) in [5.41, 5.74) is 0.971. The fraction of sp³-hybridized carbons (Fsp3) is 0.231. The van der Waals surface area contributed by atoms with E-state index in [0.29, 0.717) is 6.42 Å². The SMILES string of the molecule is CCc1ccc(C(=O)Cc2cccnc2)s1. The van der Waals surface area contributed by atoms with E-state index in [9.17, 15) is 4.79 Å². The third-order valence-electron chi connectivity index (χ3n) is 2.37. The molecule has 0 atom stereocenters. The molecular weight excluding hydrogens is 218 g/mol. The van der Waals surface area contributed by atoms with E-state index >= 15 is 0 Å². The minimum Gasteiger partial charge on any atom is -0.293 e. The maximum absolute atomic E-state index is 11.9. The van der Waals surface area contributed by atoms with Crippen molar-refractivity contribution in [3.63, 3.8) is 0 Å². The van der Waals surface area contributed by atoms with Crippen molar-refractivity contribution in [3.8, 4) is 0 Å². The van der Waals surface area contributed by atoms with Gasteiger partial charge in [-0.25, -0.2) is 0 Å². The van der Waals surface area contributed by atoms with E-state index in [1.54, 1.807) is 23.7 Å². The van der Waals surface area contributed by atoms with Crippen LogP contribution in [0.15, 0.2) is 36.7 Å². The molecule has 0 aliphatic carbocycles. The number of hydrogen-bond acceptors (Lipinski definition) is 3. The van der Waals surface area contributed by atoms with Crippen molar-refractivity contribution < 1.29 is 4.79 Å². The van der Waals surface area contributed by atoms with Gasteiger partial charge >= 0.3 is 0 Å². The standard InChI is InChI=1S/C13H13NOS/c1-2-11-5-6-13(16-11)12(15)8-10-4-3-7-14-9-10/h3-7,9H,2,8H2,1H3. The summed E-state index contributed by atoms with van der Waals surface area (Å²) in [6.07, 6.45) is 4.89. The zero-order valence-corrected chi connectivity index (χ0v) is 9.96. The van der Waals surface area contributed by atoms with Crippen molar-refractivity contribution in [2.75, 3.05) is 0 Å². The molecule has 2 heterocycles. The van der Waals surface area contributed by atoms with Crippen LogP contribution in [-0.4, -0.2) is 10.8 Å². The van der Waals surface area contributed by atoms with Crippen LogP contribution in [0.1, 0.15) is 27.0 Å². The molecule has 0 spiro atoms. The second kappa shape index (κ2) is 5.03. The number of aryl methyl sites for hydroxylation is 1. The van der Waals surface area contributed by atoms with Crippen LogP contribution in [0.25, 0.3) is 0 Å². The Balaban J connectivity index is 2.09. The van der Waals surface area contributed by atoms with Crippen LogP contribution < -0.4 is 0 Å². The van der Waals surface area contributed by atoms with Crippen LogP contribution in [0.4, 0.5) is 0 Å². The lowest BCUT2D eigenvalue weighted by atomic mass is 10.1. The fourth-order valence-electron chi connectivity index (χ4n) is 1.49. The molecule has 0 aliphatic rings. The number of carbonyl (C=O) groups excluding carboxylic acids is 1. The van der Waals surface area contributed by atoms with E-state index in [4.69, 9.17) is 0 Å².